The number of ether oxygens (including phenoxy) is 1. The largest absolute Gasteiger partial charge is 0.454 e. The standard InChI is InChI=1S/C19H23NO3S2/c1-13(19(22)16-12-20-17-8-4-3-7-15(16)17)23-18(21)9-5-2-6-14-10-11-24-25-14/h3-4,7-8,12-14,20H,2,5-6,9-11H2,1H3/t13-,14+/m0/s1. The third kappa shape index (κ3) is 4.82. The van der Waals surface area contributed by atoms with Crippen molar-refractivity contribution in [2.75, 3.05) is 5.75 Å². The lowest BCUT2D eigenvalue weighted by atomic mass is 10.1. The molecule has 1 aromatic carbocycles. The number of hydrogen-bond donors (Lipinski definition) is 1. The third-order valence-corrected chi connectivity index (χ3v) is 7.42. The fraction of sp³-hybridized carbons (Fsp3) is 0.474. The van der Waals surface area contributed by atoms with Gasteiger partial charge in [0.2, 0.25) is 5.78 Å². The van der Waals surface area contributed by atoms with Gasteiger partial charge in [-0.2, -0.15) is 0 Å². The van der Waals surface area contributed by atoms with Gasteiger partial charge in [0.25, 0.3) is 0 Å². The maximum absolute atomic E-state index is 12.6. The quantitative estimate of drug-likeness (QED) is 0.304. The molecular weight excluding hydrogens is 354 g/mol. The zero-order valence-electron chi connectivity index (χ0n) is 14.3. The maximum Gasteiger partial charge on any atom is 0.306 e. The minimum Gasteiger partial charge on any atom is -0.454 e. The number of aromatic nitrogens is 1. The van der Waals surface area contributed by atoms with Gasteiger partial charge in [-0.3, -0.25) is 9.59 Å². The van der Waals surface area contributed by atoms with E-state index in [0.717, 1.165) is 35.4 Å². The summed E-state index contributed by atoms with van der Waals surface area (Å²) in [5.41, 5.74) is 1.49. The van der Waals surface area contributed by atoms with Gasteiger partial charge >= 0.3 is 5.97 Å². The SMILES string of the molecule is C[C@H](OC(=O)CCCC[C@@H]1CCSS1)C(=O)c1c[nH]c2ccccc12. The van der Waals surface area contributed by atoms with Crippen LogP contribution in [0.15, 0.2) is 30.5 Å². The topological polar surface area (TPSA) is 59.2 Å². The first-order valence-electron chi connectivity index (χ1n) is 8.73. The lowest BCUT2D eigenvalue weighted by Gasteiger charge is -2.12. The Morgan fingerprint density at radius 1 is 1.32 bits per heavy atom. The molecule has 4 nitrogen and oxygen atoms in total. The predicted molar refractivity (Wildman–Crippen MR) is 105 cm³/mol. The number of carbonyl (C=O) groups excluding carboxylic acids is 2. The van der Waals surface area contributed by atoms with Crippen LogP contribution in [0, 0.1) is 0 Å². The Morgan fingerprint density at radius 3 is 2.96 bits per heavy atom. The molecule has 2 atom stereocenters. The fourth-order valence-electron chi connectivity index (χ4n) is 3.01. The molecule has 25 heavy (non-hydrogen) atoms. The van der Waals surface area contributed by atoms with E-state index in [2.05, 4.69) is 4.98 Å². The van der Waals surface area contributed by atoms with Gasteiger partial charge in [-0.25, -0.2) is 0 Å². The first-order chi connectivity index (χ1) is 12.1. The van der Waals surface area contributed by atoms with E-state index in [9.17, 15) is 9.59 Å². The average Bonchev–Trinajstić information content (AvgIpc) is 3.27. The molecule has 1 aliphatic rings. The molecule has 0 spiro atoms. The molecule has 0 saturated carbocycles. The van der Waals surface area contributed by atoms with Crippen LogP contribution < -0.4 is 0 Å². The molecule has 3 rings (SSSR count). The summed E-state index contributed by atoms with van der Waals surface area (Å²) in [4.78, 5) is 27.6. The van der Waals surface area contributed by atoms with Gasteiger partial charge in [-0.1, -0.05) is 46.2 Å². The predicted octanol–water partition coefficient (Wildman–Crippen LogP) is 5.00. The smallest absolute Gasteiger partial charge is 0.306 e. The zero-order valence-corrected chi connectivity index (χ0v) is 16.0. The highest BCUT2D eigenvalue weighted by Gasteiger charge is 2.22. The molecule has 1 saturated heterocycles. The Balaban J connectivity index is 1.45. The van der Waals surface area contributed by atoms with Crippen LogP contribution in [-0.4, -0.2) is 33.8 Å². The van der Waals surface area contributed by atoms with Crippen LogP contribution in [0.4, 0.5) is 0 Å². The summed E-state index contributed by atoms with van der Waals surface area (Å²) in [7, 11) is 3.91. The Kier molecular flexibility index (Phi) is 6.48. The first-order valence-corrected chi connectivity index (χ1v) is 11.1. The Hall–Kier alpha value is -1.40. The fourth-order valence-corrected chi connectivity index (χ4v) is 6.04. The van der Waals surface area contributed by atoms with E-state index in [1.807, 2.05) is 45.9 Å². The number of hydrogen-bond acceptors (Lipinski definition) is 5. The Morgan fingerprint density at radius 2 is 2.16 bits per heavy atom. The van der Waals surface area contributed by atoms with Crippen molar-refractivity contribution in [3.63, 3.8) is 0 Å². The van der Waals surface area contributed by atoms with Gasteiger partial charge in [-0.15, -0.1) is 0 Å². The summed E-state index contributed by atoms with van der Waals surface area (Å²) in [6.45, 7) is 1.65. The zero-order chi connectivity index (χ0) is 17.6. The normalized spacial score (nSPS) is 18.4. The van der Waals surface area contributed by atoms with Crippen LogP contribution in [0.3, 0.4) is 0 Å². The molecule has 0 amide bonds. The molecule has 1 aliphatic heterocycles. The molecule has 6 heteroatoms. The number of H-pyrrole nitrogens is 1. The van der Waals surface area contributed by atoms with Crippen molar-refractivity contribution in [2.45, 2.75) is 50.4 Å². The summed E-state index contributed by atoms with van der Waals surface area (Å²) < 4.78 is 5.35. The van der Waals surface area contributed by atoms with Gasteiger partial charge in [-0.05, 0) is 32.3 Å². The third-order valence-electron chi connectivity index (χ3n) is 4.42. The van der Waals surface area contributed by atoms with E-state index in [1.54, 1.807) is 13.1 Å². The van der Waals surface area contributed by atoms with Crippen molar-refractivity contribution in [1.82, 2.24) is 4.98 Å². The highest BCUT2D eigenvalue weighted by molar-refractivity contribution is 8.77. The molecular formula is C19H23NO3S2. The van der Waals surface area contributed by atoms with E-state index in [-0.39, 0.29) is 11.8 Å². The number of aromatic amines is 1. The second-order valence-corrected chi connectivity index (χ2v) is 9.11. The van der Waals surface area contributed by atoms with Crippen LogP contribution in [0.2, 0.25) is 0 Å². The number of esters is 1. The van der Waals surface area contributed by atoms with Crippen LogP contribution in [0.25, 0.3) is 10.9 Å². The molecule has 0 bridgehead atoms. The van der Waals surface area contributed by atoms with E-state index >= 15 is 0 Å². The second-order valence-electron chi connectivity index (χ2n) is 6.32. The summed E-state index contributed by atoms with van der Waals surface area (Å²) in [5.74, 6) is 0.796. The van der Waals surface area contributed by atoms with Crippen molar-refractivity contribution in [3.05, 3.63) is 36.0 Å². The first kappa shape index (κ1) is 18.4. The van der Waals surface area contributed by atoms with E-state index < -0.39 is 6.10 Å². The summed E-state index contributed by atoms with van der Waals surface area (Å²) in [6, 6.07) is 7.63. The van der Waals surface area contributed by atoms with E-state index in [1.165, 1.54) is 12.2 Å². The monoisotopic (exact) mass is 377 g/mol. The summed E-state index contributed by atoms with van der Waals surface area (Å²) >= 11 is 0. The van der Waals surface area contributed by atoms with Crippen LogP contribution in [0.5, 0.6) is 0 Å². The number of Topliss-reactive ketones (excluding diaryl/α,β-unsaturated/α-hetero) is 1. The molecule has 134 valence electrons. The second kappa shape index (κ2) is 8.81. The molecule has 2 heterocycles. The van der Waals surface area contributed by atoms with E-state index in [4.69, 9.17) is 4.74 Å². The van der Waals surface area contributed by atoms with Crippen molar-refractivity contribution < 1.29 is 14.3 Å². The number of carbonyl (C=O) groups is 2. The van der Waals surface area contributed by atoms with Crippen LogP contribution in [0.1, 0.15) is 49.4 Å². The molecule has 0 unspecified atom stereocenters. The van der Waals surface area contributed by atoms with Crippen molar-refractivity contribution in [3.8, 4) is 0 Å². The molecule has 1 N–H and O–H groups in total. The van der Waals surface area contributed by atoms with Gasteiger partial charge in [0.05, 0.1) is 0 Å². The summed E-state index contributed by atoms with van der Waals surface area (Å²) in [6.07, 6.45) is 5.62. The Labute approximate surface area is 155 Å². The van der Waals surface area contributed by atoms with Crippen molar-refractivity contribution >= 4 is 44.2 Å². The molecule has 0 radical (unpaired) electrons. The van der Waals surface area contributed by atoms with Crippen LogP contribution in [-0.2, 0) is 9.53 Å². The number of unbranched alkanes of at least 4 members (excludes halogenated alkanes) is 1. The van der Waals surface area contributed by atoms with Gasteiger partial charge in [0.15, 0.2) is 6.10 Å². The minimum atomic E-state index is -0.756. The summed E-state index contributed by atoms with van der Waals surface area (Å²) in [5, 5.41) is 1.60. The van der Waals surface area contributed by atoms with Crippen LogP contribution >= 0.6 is 21.6 Å². The van der Waals surface area contributed by atoms with Gasteiger partial charge < -0.3 is 9.72 Å². The molecule has 1 fully saturated rings. The van der Waals surface area contributed by atoms with Gasteiger partial charge in [0.1, 0.15) is 0 Å². The van der Waals surface area contributed by atoms with Crippen molar-refractivity contribution in [2.24, 2.45) is 0 Å². The number of ketones is 1. The van der Waals surface area contributed by atoms with Gasteiger partial charge in [0, 0.05) is 40.1 Å². The molecule has 0 aliphatic carbocycles. The minimum absolute atomic E-state index is 0.162. The molecule has 2 aromatic rings. The van der Waals surface area contributed by atoms with E-state index in [0.29, 0.717) is 12.0 Å². The maximum atomic E-state index is 12.6. The number of fused-ring (bicyclic) bond motifs is 1. The lowest BCUT2D eigenvalue weighted by molar-refractivity contribution is -0.146. The van der Waals surface area contributed by atoms with Crippen molar-refractivity contribution in [1.29, 1.82) is 0 Å². The molecule has 1 aromatic heterocycles. The average molecular weight is 378 g/mol. The highest BCUT2D eigenvalue weighted by Crippen LogP contribution is 2.39. The lowest BCUT2D eigenvalue weighted by Crippen LogP contribution is -2.24. The Bertz CT molecular complexity index is 737. The number of rotatable bonds is 8. The number of nitrogens with one attached hydrogen (secondary N) is 1. The highest BCUT2D eigenvalue weighted by atomic mass is 33.1. The number of para-hydroxylation sites is 1. The number of benzene rings is 1.